The number of aryl methyl sites for hydroxylation is 1. The molecule has 0 fully saturated rings. The lowest BCUT2D eigenvalue weighted by molar-refractivity contribution is -0.119. The molecule has 5 nitrogen and oxygen atoms in total. The second-order valence-corrected chi connectivity index (χ2v) is 5.83. The van der Waals surface area contributed by atoms with Crippen molar-refractivity contribution in [2.24, 2.45) is 0 Å². The van der Waals surface area contributed by atoms with E-state index < -0.39 is 10.0 Å². The summed E-state index contributed by atoms with van der Waals surface area (Å²) in [5.74, 6) is -0.341. The minimum Gasteiger partial charge on any atom is -0.358 e. The monoisotopic (exact) mass is 270 g/mol. The smallest absolute Gasteiger partial charge is 0.240 e. The standard InChI is InChI=1S/C12H18N2O3S/c1-4-10-7-5-6-8-11(10)14(18(3,16)17)9-12(15)13-2/h5-8H,4,9H2,1-3H3,(H,13,15). The summed E-state index contributed by atoms with van der Waals surface area (Å²) in [5, 5.41) is 2.43. The molecule has 0 atom stereocenters. The van der Waals surface area contributed by atoms with Crippen LogP contribution < -0.4 is 9.62 Å². The Bertz CT molecular complexity index is 526. The Morgan fingerprint density at radius 3 is 2.44 bits per heavy atom. The Hall–Kier alpha value is -1.56. The van der Waals surface area contributed by atoms with Crippen LogP contribution in [0.4, 0.5) is 5.69 Å². The summed E-state index contributed by atoms with van der Waals surface area (Å²) in [6.07, 6.45) is 1.80. The van der Waals surface area contributed by atoms with Gasteiger partial charge in [-0.1, -0.05) is 25.1 Å². The summed E-state index contributed by atoms with van der Waals surface area (Å²) < 4.78 is 24.7. The number of benzene rings is 1. The van der Waals surface area contributed by atoms with Crippen LogP contribution in [0, 0.1) is 0 Å². The molecule has 0 spiro atoms. The molecule has 100 valence electrons. The number of amides is 1. The molecule has 6 heteroatoms. The first-order valence-corrected chi connectivity index (χ1v) is 7.51. The lowest BCUT2D eigenvalue weighted by Crippen LogP contribution is -2.39. The summed E-state index contributed by atoms with van der Waals surface area (Å²) in [4.78, 5) is 11.4. The minimum atomic E-state index is -3.48. The first-order valence-electron chi connectivity index (χ1n) is 5.66. The molecule has 0 aromatic heterocycles. The van der Waals surface area contributed by atoms with Gasteiger partial charge in [0.2, 0.25) is 15.9 Å². The third-order valence-electron chi connectivity index (χ3n) is 2.61. The fraction of sp³-hybridized carbons (Fsp3) is 0.417. The molecule has 1 aromatic rings. The lowest BCUT2D eigenvalue weighted by Gasteiger charge is -2.23. The molecule has 0 aliphatic carbocycles. The van der Waals surface area contributed by atoms with Gasteiger partial charge < -0.3 is 5.32 Å². The van der Waals surface area contributed by atoms with Crippen LogP contribution in [-0.2, 0) is 21.2 Å². The highest BCUT2D eigenvalue weighted by molar-refractivity contribution is 7.92. The quantitative estimate of drug-likeness (QED) is 0.859. The van der Waals surface area contributed by atoms with Gasteiger partial charge in [0, 0.05) is 7.05 Å². The SMILES string of the molecule is CCc1ccccc1N(CC(=O)NC)S(C)(=O)=O. The van der Waals surface area contributed by atoms with Crippen LogP contribution in [0.2, 0.25) is 0 Å². The number of rotatable bonds is 5. The van der Waals surface area contributed by atoms with Crippen molar-refractivity contribution in [1.29, 1.82) is 0 Å². The number of hydrogen-bond acceptors (Lipinski definition) is 3. The third-order valence-corrected chi connectivity index (χ3v) is 3.73. The number of carbonyl (C=O) groups excluding carboxylic acids is 1. The van der Waals surface area contributed by atoms with E-state index in [4.69, 9.17) is 0 Å². The zero-order chi connectivity index (χ0) is 13.8. The van der Waals surface area contributed by atoms with E-state index in [1.807, 2.05) is 19.1 Å². The van der Waals surface area contributed by atoms with E-state index in [1.54, 1.807) is 12.1 Å². The van der Waals surface area contributed by atoms with E-state index in [2.05, 4.69) is 5.32 Å². The lowest BCUT2D eigenvalue weighted by atomic mass is 10.1. The highest BCUT2D eigenvalue weighted by atomic mass is 32.2. The van der Waals surface area contributed by atoms with Crippen LogP contribution in [0.25, 0.3) is 0 Å². The molecule has 0 unspecified atom stereocenters. The van der Waals surface area contributed by atoms with Crippen molar-refractivity contribution in [2.45, 2.75) is 13.3 Å². The van der Waals surface area contributed by atoms with Gasteiger partial charge in [-0.2, -0.15) is 0 Å². The molecule has 0 heterocycles. The van der Waals surface area contributed by atoms with Gasteiger partial charge in [-0.3, -0.25) is 9.10 Å². The largest absolute Gasteiger partial charge is 0.358 e. The Balaban J connectivity index is 3.22. The molecule has 18 heavy (non-hydrogen) atoms. The van der Waals surface area contributed by atoms with Crippen molar-refractivity contribution in [3.8, 4) is 0 Å². The van der Waals surface area contributed by atoms with Crippen LogP contribution in [-0.4, -0.2) is 34.2 Å². The van der Waals surface area contributed by atoms with Crippen LogP contribution >= 0.6 is 0 Å². The van der Waals surface area contributed by atoms with Gasteiger partial charge >= 0.3 is 0 Å². The first-order chi connectivity index (χ1) is 8.40. The Labute approximate surface area is 108 Å². The normalized spacial score (nSPS) is 11.1. The molecule has 1 aromatic carbocycles. The van der Waals surface area contributed by atoms with Crippen molar-refractivity contribution >= 4 is 21.6 Å². The maximum absolute atomic E-state index is 11.8. The number of nitrogens with zero attached hydrogens (tertiary/aromatic N) is 1. The van der Waals surface area contributed by atoms with E-state index >= 15 is 0 Å². The number of para-hydroxylation sites is 1. The number of sulfonamides is 1. The van der Waals surface area contributed by atoms with Gasteiger partial charge in [-0.15, -0.1) is 0 Å². The zero-order valence-electron chi connectivity index (χ0n) is 10.8. The summed E-state index contributed by atoms with van der Waals surface area (Å²) in [7, 11) is -2.00. The number of nitrogens with one attached hydrogen (secondary N) is 1. The van der Waals surface area contributed by atoms with Gasteiger partial charge in [-0.25, -0.2) is 8.42 Å². The highest BCUT2D eigenvalue weighted by Gasteiger charge is 2.21. The molecule has 1 rings (SSSR count). The minimum absolute atomic E-state index is 0.202. The molecule has 0 radical (unpaired) electrons. The molecule has 0 saturated heterocycles. The van der Waals surface area contributed by atoms with Crippen molar-refractivity contribution in [1.82, 2.24) is 5.32 Å². The molecule has 1 N–H and O–H groups in total. The van der Waals surface area contributed by atoms with Gasteiger partial charge in [0.25, 0.3) is 0 Å². The molecule has 1 amide bonds. The van der Waals surface area contributed by atoms with Gasteiger partial charge in [0.1, 0.15) is 6.54 Å². The fourth-order valence-electron chi connectivity index (χ4n) is 1.64. The fourth-order valence-corrected chi connectivity index (χ4v) is 2.53. The van der Waals surface area contributed by atoms with E-state index in [0.717, 1.165) is 16.1 Å². The Kier molecular flexibility index (Phi) is 4.72. The summed E-state index contributed by atoms with van der Waals surface area (Å²) in [6.45, 7) is 1.74. The van der Waals surface area contributed by atoms with Crippen LogP contribution in [0.1, 0.15) is 12.5 Å². The van der Waals surface area contributed by atoms with Crippen molar-refractivity contribution in [3.63, 3.8) is 0 Å². The zero-order valence-corrected chi connectivity index (χ0v) is 11.6. The van der Waals surface area contributed by atoms with Crippen LogP contribution in [0.5, 0.6) is 0 Å². The maximum Gasteiger partial charge on any atom is 0.240 e. The first kappa shape index (κ1) is 14.5. The number of likely N-dealkylation sites (N-methyl/N-ethyl adjacent to an activating group) is 1. The average molecular weight is 270 g/mol. The van der Waals surface area contributed by atoms with E-state index in [-0.39, 0.29) is 12.5 Å². The van der Waals surface area contributed by atoms with E-state index in [1.165, 1.54) is 7.05 Å². The predicted molar refractivity (Wildman–Crippen MR) is 72.1 cm³/mol. The van der Waals surface area contributed by atoms with Crippen molar-refractivity contribution < 1.29 is 13.2 Å². The topological polar surface area (TPSA) is 66.5 Å². The number of hydrogen-bond donors (Lipinski definition) is 1. The Morgan fingerprint density at radius 1 is 1.33 bits per heavy atom. The molecule has 0 aliphatic rings. The summed E-state index contributed by atoms with van der Waals surface area (Å²) >= 11 is 0. The highest BCUT2D eigenvalue weighted by Crippen LogP contribution is 2.22. The van der Waals surface area contributed by atoms with E-state index in [9.17, 15) is 13.2 Å². The second kappa shape index (κ2) is 5.86. The van der Waals surface area contributed by atoms with Gasteiger partial charge in [0.15, 0.2) is 0 Å². The molecule has 0 saturated carbocycles. The third kappa shape index (κ3) is 3.46. The maximum atomic E-state index is 11.8. The number of anilines is 1. The average Bonchev–Trinajstić information content (AvgIpc) is 2.34. The second-order valence-electron chi connectivity index (χ2n) is 3.93. The molecular weight excluding hydrogens is 252 g/mol. The van der Waals surface area contributed by atoms with E-state index in [0.29, 0.717) is 12.1 Å². The molecule has 0 bridgehead atoms. The van der Waals surface area contributed by atoms with Crippen molar-refractivity contribution in [2.75, 3.05) is 24.2 Å². The molecular formula is C12H18N2O3S. The Morgan fingerprint density at radius 2 is 1.94 bits per heavy atom. The summed E-state index contributed by atoms with van der Waals surface area (Å²) in [5.41, 5.74) is 1.46. The number of carbonyl (C=O) groups is 1. The predicted octanol–water partition coefficient (Wildman–Crippen LogP) is 0.761. The van der Waals surface area contributed by atoms with Crippen LogP contribution in [0.15, 0.2) is 24.3 Å². The molecule has 0 aliphatic heterocycles. The van der Waals surface area contributed by atoms with Gasteiger partial charge in [0.05, 0.1) is 11.9 Å². The van der Waals surface area contributed by atoms with Crippen molar-refractivity contribution in [3.05, 3.63) is 29.8 Å². The summed E-state index contributed by atoms with van der Waals surface area (Å²) in [6, 6.07) is 7.18. The van der Waals surface area contributed by atoms with Crippen LogP contribution in [0.3, 0.4) is 0 Å². The van der Waals surface area contributed by atoms with Gasteiger partial charge in [-0.05, 0) is 18.1 Å².